The smallest absolute Gasteiger partial charge is 0.292 e. The average Bonchev–Trinajstić information content (AvgIpc) is 3.23. The third kappa shape index (κ3) is 3.36. The fourth-order valence-corrected chi connectivity index (χ4v) is 3.70. The van der Waals surface area contributed by atoms with E-state index in [2.05, 4.69) is 38.1 Å². The molecular formula is C18H24N6O2. The van der Waals surface area contributed by atoms with Crippen molar-refractivity contribution in [2.45, 2.75) is 32.2 Å². The molecule has 2 aromatic heterocycles. The van der Waals surface area contributed by atoms with E-state index in [1.807, 2.05) is 6.07 Å². The summed E-state index contributed by atoms with van der Waals surface area (Å²) in [5.74, 6) is 2.01. The van der Waals surface area contributed by atoms with Gasteiger partial charge in [0, 0.05) is 44.8 Å². The molecule has 1 amide bonds. The minimum absolute atomic E-state index is 0.109. The van der Waals surface area contributed by atoms with E-state index >= 15 is 0 Å². The van der Waals surface area contributed by atoms with Crippen molar-refractivity contribution in [3.8, 4) is 0 Å². The molecule has 2 aliphatic rings. The molecule has 0 spiro atoms. The zero-order valence-corrected chi connectivity index (χ0v) is 15.0. The molecule has 0 saturated carbocycles. The van der Waals surface area contributed by atoms with Crippen LogP contribution in [0.2, 0.25) is 0 Å². The molecule has 0 N–H and O–H groups in total. The highest BCUT2D eigenvalue weighted by Crippen LogP contribution is 2.23. The van der Waals surface area contributed by atoms with Crippen LogP contribution in [0.3, 0.4) is 0 Å². The van der Waals surface area contributed by atoms with Gasteiger partial charge in [-0.05, 0) is 38.3 Å². The molecule has 0 aliphatic carbocycles. The molecule has 4 rings (SSSR count). The van der Waals surface area contributed by atoms with Crippen molar-refractivity contribution >= 4 is 17.5 Å². The Balaban J connectivity index is 1.36. The number of amides is 1. The Morgan fingerprint density at radius 1 is 1.04 bits per heavy atom. The second kappa shape index (κ2) is 7.31. The van der Waals surface area contributed by atoms with E-state index in [0.717, 1.165) is 31.3 Å². The van der Waals surface area contributed by atoms with Crippen LogP contribution in [0.15, 0.2) is 28.9 Å². The number of aromatic nitrogens is 3. The number of hydrogen-bond donors (Lipinski definition) is 0. The van der Waals surface area contributed by atoms with E-state index in [1.165, 1.54) is 25.5 Å². The minimum atomic E-state index is -0.109. The molecule has 1 atom stereocenters. The summed E-state index contributed by atoms with van der Waals surface area (Å²) in [7, 11) is 0. The summed E-state index contributed by atoms with van der Waals surface area (Å²) in [6.45, 7) is 6.03. The lowest BCUT2D eigenvalue weighted by Crippen LogP contribution is -2.49. The van der Waals surface area contributed by atoms with Crippen LogP contribution in [0.5, 0.6) is 0 Å². The van der Waals surface area contributed by atoms with Gasteiger partial charge in [0.25, 0.3) is 5.91 Å². The number of carbonyl (C=O) groups excluding carboxylic acids is 1. The van der Waals surface area contributed by atoms with E-state index in [0.29, 0.717) is 24.9 Å². The van der Waals surface area contributed by atoms with Gasteiger partial charge < -0.3 is 19.2 Å². The lowest BCUT2D eigenvalue weighted by molar-refractivity contribution is 0.0704. The van der Waals surface area contributed by atoms with Gasteiger partial charge in [0.15, 0.2) is 11.6 Å². The molecule has 2 saturated heterocycles. The maximum absolute atomic E-state index is 12.3. The summed E-state index contributed by atoms with van der Waals surface area (Å²) < 4.78 is 4.96. The van der Waals surface area contributed by atoms with E-state index in [-0.39, 0.29) is 5.91 Å². The average molecular weight is 356 g/mol. The molecule has 138 valence electrons. The Kier molecular flexibility index (Phi) is 4.73. The van der Waals surface area contributed by atoms with E-state index < -0.39 is 0 Å². The maximum atomic E-state index is 12.3. The van der Waals surface area contributed by atoms with Crippen molar-refractivity contribution in [3.05, 3.63) is 30.2 Å². The standard InChI is InChI=1S/C18H24N6O2/c1-14-4-2-3-9-24(14)17-6-5-16(20-21-17)22-10-12-23(13-11-22)18(25)15-7-8-19-26-15/h5-8,14H,2-4,9-13H2,1H3. The number of anilines is 2. The predicted octanol–water partition coefficient (Wildman–Crippen LogP) is 1.81. The van der Waals surface area contributed by atoms with Crippen molar-refractivity contribution in [1.29, 1.82) is 0 Å². The summed E-state index contributed by atoms with van der Waals surface area (Å²) in [6, 6.07) is 6.23. The summed E-state index contributed by atoms with van der Waals surface area (Å²) in [4.78, 5) is 18.6. The van der Waals surface area contributed by atoms with Gasteiger partial charge in [0.1, 0.15) is 0 Å². The summed E-state index contributed by atoms with van der Waals surface area (Å²) >= 11 is 0. The molecule has 0 aromatic carbocycles. The van der Waals surface area contributed by atoms with Crippen molar-refractivity contribution < 1.29 is 9.32 Å². The molecule has 2 aromatic rings. The van der Waals surface area contributed by atoms with Gasteiger partial charge in [-0.2, -0.15) is 0 Å². The van der Waals surface area contributed by atoms with Gasteiger partial charge in [-0.25, -0.2) is 0 Å². The van der Waals surface area contributed by atoms with E-state index in [9.17, 15) is 4.79 Å². The second-order valence-corrected chi connectivity index (χ2v) is 6.94. The molecule has 8 heteroatoms. The Morgan fingerprint density at radius 3 is 2.46 bits per heavy atom. The Bertz CT molecular complexity index is 725. The topological polar surface area (TPSA) is 78.6 Å². The van der Waals surface area contributed by atoms with Gasteiger partial charge in [0.05, 0.1) is 6.20 Å². The molecular weight excluding hydrogens is 332 g/mol. The zero-order valence-electron chi connectivity index (χ0n) is 15.0. The fourth-order valence-electron chi connectivity index (χ4n) is 3.70. The Morgan fingerprint density at radius 2 is 1.81 bits per heavy atom. The zero-order chi connectivity index (χ0) is 17.9. The normalized spacial score (nSPS) is 21.1. The van der Waals surface area contributed by atoms with Crippen molar-refractivity contribution in [2.75, 3.05) is 42.5 Å². The van der Waals surface area contributed by atoms with Crippen LogP contribution in [0.4, 0.5) is 11.6 Å². The lowest BCUT2D eigenvalue weighted by atomic mass is 10.0. The fraction of sp³-hybridized carbons (Fsp3) is 0.556. The van der Waals surface area contributed by atoms with Crippen molar-refractivity contribution in [1.82, 2.24) is 20.3 Å². The number of rotatable bonds is 3. The SMILES string of the molecule is CC1CCCCN1c1ccc(N2CCN(C(=O)c3ccno3)CC2)nn1. The third-order valence-corrected chi connectivity index (χ3v) is 5.27. The number of piperidine rings is 1. The second-order valence-electron chi connectivity index (χ2n) is 6.94. The molecule has 0 bridgehead atoms. The predicted molar refractivity (Wildman–Crippen MR) is 97.3 cm³/mol. The number of nitrogens with zero attached hydrogens (tertiary/aromatic N) is 6. The van der Waals surface area contributed by atoms with Crippen LogP contribution in [0.25, 0.3) is 0 Å². The number of hydrogen-bond acceptors (Lipinski definition) is 7. The molecule has 2 aliphatic heterocycles. The number of carbonyl (C=O) groups is 1. The molecule has 4 heterocycles. The lowest BCUT2D eigenvalue weighted by Gasteiger charge is -2.36. The Hall–Kier alpha value is -2.64. The first-order valence-electron chi connectivity index (χ1n) is 9.27. The first kappa shape index (κ1) is 16.8. The molecule has 0 radical (unpaired) electrons. The van der Waals surface area contributed by atoms with E-state index in [4.69, 9.17) is 4.52 Å². The summed E-state index contributed by atoms with van der Waals surface area (Å²) in [5.41, 5.74) is 0. The maximum Gasteiger partial charge on any atom is 0.292 e. The highest BCUT2D eigenvalue weighted by atomic mass is 16.5. The van der Waals surface area contributed by atoms with Gasteiger partial charge >= 0.3 is 0 Å². The molecule has 1 unspecified atom stereocenters. The van der Waals surface area contributed by atoms with Crippen molar-refractivity contribution in [3.63, 3.8) is 0 Å². The highest BCUT2D eigenvalue weighted by Gasteiger charge is 2.25. The largest absolute Gasteiger partial charge is 0.352 e. The van der Waals surface area contributed by atoms with Gasteiger partial charge in [-0.3, -0.25) is 4.79 Å². The molecule has 26 heavy (non-hydrogen) atoms. The molecule has 2 fully saturated rings. The summed E-state index contributed by atoms with van der Waals surface area (Å²) in [6.07, 6.45) is 5.21. The van der Waals surface area contributed by atoms with E-state index in [1.54, 1.807) is 11.0 Å². The first-order valence-corrected chi connectivity index (χ1v) is 9.27. The minimum Gasteiger partial charge on any atom is -0.352 e. The molecule has 8 nitrogen and oxygen atoms in total. The van der Waals surface area contributed by atoms with Gasteiger partial charge in [-0.1, -0.05) is 5.16 Å². The number of piperazine rings is 1. The van der Waals surface area contributed by atoms with Gasteiger partial charge in [0.2, 0.25) is 5.76 Å². The van der Waals surface area contributed by atoms with Crippen LogP contribution >= 0.6 is 0 Å². The quantitative estimate of drug-likeness (QED) is 0.830. The van der Waals surface area contributed by atoms with Crippen LogP contribution in [0, 0.1) is 0 Å². The van der Waals surface area contributed by atoms with Crippen molar-refractivity contribution in [2.24, 2.45) is 0 Å². The Labute approximate surface area is 152 Å². The summed E-state index contributed by atoms with van der Waals surface area (Å²) in [5, 5.41) is 12.5. The highest BCUT2D eigenvalue weighted by molar-refractivity contribution is 5.91. The van der Waals surface area contributed by atoms with Crippen LogP contribution in [0.1, 0.15) is 36.7 Å². The monoisotopic (exact) mass is 356 g/mol. The van der Waals surface area contributed by atoms with Crippen LogP contribution < -0.4 is 9.80 Å². The van der Waals surface area contributed by atoms with Crippen LogP contribution in [-0.4, -0.2) is 64.9 Å². The van der Waals surface area contributed by atoms with Crippen LogP contribution in [-0.2, 0) is 0 Å². The van der Waals surface area contributed by atoms with Gasteiger partial charge in [-0.15, -0.1) is 10.2 Å². The third-order valence-electron chi connectivity index (χ3n) is 5.27. The first-order chi connectivity index (χ1) is 12.7.